The van der Waals surface area contributed by atoms with E-state index in [4.69, 9.17) is 17.3 Å². The van der Waals surface area contributed by atoms with E-state index in [2.05, 4.69) is 5.32 Å². The summed E-state index contributed by atoms with van der Waals surface area (Å²) in [5.41, 5.74) is 6.66. The van der Waals surface area contributed by atoms with Crippen LogP contribution in [-0.2, 0) is 0 Å². The molecule has 0 unspecified atom stereocenters. The van der Waals surface area contributed by atoms with Gasteiger partial charge in [-0.3, -0.25) is 0 Å². The highest BCUT2D eigenvalue weighted by molar-refractivity contribution is 6.34. The third-order valence-corrected chi connectivity index (χ3v) is 3.84. The summed E-state index contributed by atoms with van der Waals surface area (Å²) in [6.07, 6.45) is 6.96. The number of halogens is 1. The number of anilines is 2. The number of hydrogen-bond acceptors (Lipinski definition) is 3. The minimum absolute atomic E-state index is 0.147. The molecule has 0 amide bonds. The van der Waals surface area contributed by atoms with Gasteiger partial charge in [0.25, 0.3) is 0 Å². The Morgan fingerprint density at radius 3 is 2.47 bits per heavy atom. The number of nitrogens with two attached hydrogens (primary N) is 1. The lowest BCUT2D eigenvalue weighted by molar-refractivity contribution is 0.0698. The van der Waals surface area contributed by atoms with Crippen LogP contribution in [-0.4, -0.2) is 17.1 Å². The number of nitrogens with one attached hydrogen (secondary N) is 1. The number of benzene rings is 1. The number of rotatable bonds is 3. The van der Waals surface area contributed by atoms with Gasteiger partial charge in [0.2, 0.25) is 0 Å². The summed E-state index contributed by atoms with van der Waals surface area (Å²) in [6, 6.07) is 3.34. The summed E-state index contributed by atoms with van der Waals surface area (Å²) in [4.78, 5) is 11.3. The maximum atomic E-state index is 11.3. The molecule has 0 bridgehead atoms. The monoisotopic (exact) mass is 282 g/mol. The lowest BCUT2D eigenvalue weighted by Crippen LogP contribution is -2.20. The molecular formula is C14H19ClN2O2. The van der Waals surface area contributed by atoms with Gasteiger partial charge in [0.05, 0.1) is 16.3 Å². The zero-order chi connectivity index (χ0) is 13.8. The average Bonchev–Trinajstić information content (AvgIpc) is 2.60. The molecule has 1 aromatic carbocycles. The van der Waals surface area contributed by atoms with E-state index in [1.165, 1.54) is 31.7 Å². The summed E-state index contributed by atoms with van der Waals surface area (Å²) in [6.45, 7) is 0. The lowest BCUT2D eigenvalue weighted by atomic mass is 10.1. The van der Waals surface area contributed by atoms with Crippen molar-refractivity contribution in [3.63, 3.8) is 0 Å². The van der Waals surface area contributed by atoms with Gasteiger partial charge in [-0.25, -0.2) is 4.79 Å². The fourth-order valence-corrected chi connectivity index (χ4v) is 2.85. The Labute approximate surface area is 117 Å². The number of carbonyl (C=O) groups is 1. The molecule has 2 rings (SSSR count). The van der Waals surface area contributed by atoms with Gasteiger partial charge in [0, 0.05) is 11.7 Å². The molecule has 5 heteroatoms. The van der Waals surface area contributed by atoms with Crippen LogP contribution in [0.3, 0.4) is 0 Å². The molecule has 1 aromatic rings. The second-order valence-corrected chi connectivity index (χ2v) is 5.47. The first-order chi connectivity index (χ1) is 9.08. The minimum atomic E-state index is -1.01. The van der Waals surface area contributed by atoms with Gasteiger partial charge < -0.3 is 16.2 Å². The van der Waals surface area contributed by atoms with Crippen molar-refractivity contribution in [1.82, 2.24) is 0 Å². The van der Waals surface area contributed by atoms with E-state index in [0.717, 1.165) is 12.8 Å². The van der Waals surface area contributed by atoms with Crippen LogP contribution < -0.4 is 11.1 Å². The summed E-state index contributed by atoms with van der Waals surface area (Å²) in [5, 5.41) is 12.9. The molecule has 1 aliphatic rings. The van der Waals surface area contributed by atoms with Gasteiger partial charge in [-0.1, -0.05) is 37.3 Å². The van der Waals surface area contributed by atoms with Gasteiger partial charge in [-0.05, 0) is 25.0 Å². The van der Waals surface area contributed by atoms with Crippen LogP contribution in [0.25, 0.3) is 0 Å². The molecule has 0 saturated heterocycles. The molecule has 1 aliphatic carbocycles. The highest BCUT2D eigenvalue weighted by atomic mass is 35.5. The van der Waals surface area contributed by atoms with Gasteiger partial charge in [-0.15, -0.1) is 0 Å². The maximum Gasteiger partial charge on any atom is 0.337 e. The standard InChI is InChI=1S/C14H19ClN2O2/c15-12-8-9(16)7-11(14(18)19)13(12)17-10-5-3-1-2-4-6-10/h7-8,10,17H,1-6,16H2,(H,18,19). The fraction of sp³-hybridized carbons (Fsp3) is 0.500. The van der Waals surface area contributed by atoms with Crippen molar-refractivity contribution in [1.29, 1.82) is 0 Å². The number of aromatic carboxylic acids is 1. The Balaban J connectivity index is 2.25. The van der Waals surface area contributed by atoms with E-state index in [9.17, 15) is 9.90 Å². The van der Waals surface area contributed by atoms with E-state index in [1.54, 1.807) is 6.07 Å². The van der Waals surface area contributed by atoms with Crippen LogP contribution >= 0.6 is 11.6 Å². The molecular weight excluding hydrogens is 264 g/mol. The summed E-state index contributed by atoms with van der Waals surface area (Å²) in [5.74, 6) is -1.01. The molecule has 4 N–H and O–H groups in total. The molecule has 0 atom stereocenters. The smallest absolute Gasteiger partial charge is 0.337 e. The van der Waals surface area contributed by atoms with E-state index in [0.29, 0.717) is 22.4 Å². The van der Waals surface area contributed by atoms with E-state index >= 15 is 0 Å². The van der Waals surface area contributed by atoms with Gasteiger partial charge >= 0.3 is 5.97 Å². The molecule has 0 aromatic heterocycles. The second kappa shape index (κ2) is 6.15. The fourth-order valence-electron chi connectivity index (χ4n) is 2.57. The lowest BCUT2D eigenvalue weighted by Gasteiger charge is -2.20. The molecule has 0 heterocycles. The predicted molar refractivity (Wildman–Crippen MR) is 77.9 cm³/mol. The summed E-state index contributed by atoms with van der Waals surface area (Å²) < 4.78 is 0. The van der Waals surface area contributed by atoms with Crippen molar-refractivity contribution < 1.29 is 9.90 Å². The largest absolute Gasteiger partial charge is 0.478 e. The number of carboxylic acid groups (broad SMARTS) is 1. The van der Waals surface area contributed by atoms with Gasteiger partial charge in [-0.2, -0.15) is 0 Å². The van der Waals surface area contributed by atoms with Crippen LogP contribution in [0.4, 0.5) is 11.4 Å². The molecule has 19 heavy (non-hydrogen) atoms. The van der Waals surface area contributed by atoms with E-state index in [-0.39, 0.29) is 5.56 Å². The van der Waals surface area contributed by atoms with Crippen molar-refractivity contribution >= 4 is 28.9 Å². The zero-order valence-corrected chi connectivity index (χ0v) is 11.5. The quantitative estimate of drug-likeness (QED) is 0.583. The van der Waals surface area contributed by atoms with E-state index < -0.39 is 5.97 Å². The third kappa shape index (κ3) is 3.53. The first kappa shape index (κ1) is 14.0. The van der Waals surface area contributed by atoms with Crippen molar-refractivity contribution in [2.24, 2.45) is 0 Å². The Hall–Kier alpha value is -1.42. The minimum Gasteiger partial charge on any atom is -0.478 e. The van der Waals surface area contributed by atoms with Crippen molar-refractivity contribution in [3.8, 4) is 0 Å². The topological polar surface area (TPSA) is 75.3 Å². The van der Waals surface area contributed by atoms with Crippen LogP contribution in [0.15, 0.2) is 12.1 Å². The Kier molecular flexibility index (Phi) is 4.53. The Bertz CT molecular complexity index is 469. The Morgan fingerprint density at radius 2 is 1.89 bits per heavy atom. The number of hydrogen-bond donors (Lipinski definition) is 3. The molecule has 104 valence electrons. The summed E-state index contributed by atoms with van der Waals surface area (Å²) in [7, 11) is 0. The zero-order valence-electron chi connectivity index (χ0n) is 10.8. The van der Waals surface area contributed by atoms with E-state index in [1.807, 2.05) is 0 Å². The second-order valence-electron chi connectivity index (χ2n) is 5.06. The number of carboxylic acids is 1. The van der Waals surface area contributed by atoms with Crippen molar-refractivity contribution in [3.05, 3.63) is 22.7 Å². The van der Waals surface area contributed by atoms with Crippen LogP contribution in [0, 0.1) is 0 Å². The van der Waals surface area contributed by atoms with Crippen LogP contribution in [0.5, 0.6) is 0 Å². The maximum absolute atomic E-state index is 11.3. The normalized spacial score (nSPS) is 16.9. The van der Waals surface area contributed by atoms with Gasteiger partial charge in [0.15, 0.2) is 0 Å². The van der Waals surface area contributed by atoms with Gasteiger partial charge in [0.1, 0.15) is 0 Å². The number of nitrogen functional groups attached to an aromatic ring is 1. The Morgan fingerprint density at radius 1 is 1.26 bits per heavy atom. The van der Waals surface area contributed by atoms with Crippen LogP contribution in [0.1, 0.15) is 48.9 Å². The average molecular weight is 283 g/mol. The third-order valence-electron chi connectivity index (χ3n) is 3.55. The highest BCUT2D eigenvalue weighted by Gasteiger charge is 2.19. The van der Waals surface area contributed by atoms with Crippen molar-refractivity contribution in [2.75, 3.05) is 11.1 Å². The molecule has 0 radical (unpaired) electrons. The molecule has 0 aliphatic heterocycles. The molecule has 1 saturated carbocycles. The highest BCUT2D eigenvalue weighted by Crippen LogP contribution is 2.31. The first-order valence-electron chi connectivity index (χ1n) is 6.67. The molecule has 4 nitrogen and oxygen atoms in total. The summed E-state index contributed by atoms with van der Waals surface area (Å²) >= 11 is 6.13. The van der Waals surface area contributed by atoms with Crippen LogP contribution in [0.2, 0.25) is 5.02 Å². The SMILES string of the molecule is Nc1cc(Cl)c(NC2CCCCCC2)c(C(=O)O)c1. The van der Waals surface area contributed by atoms with Crippen molar-refractivity contribution in [2.45, 2.75) is 44.6 Å². The first-order valence-corrected chi connectivity index (χ1v) is 7.04. The predicted octanol–water partition coefficient (Wildman–Crippen LogP) is 3.76. The molecule has 0 spiro atoms. The molecule has 1 fully saturated rings.